The highest BCUT2D eigenvalue weighted by Crippen LogP contribution is 2.38. The Kier molecular flexibility index (Phi) is 12.5. The summed E-state index contributed by atoms with van der Waals surface area (Å²) in [5.41, 5.74) is 4.17. The summed E-state index contributed by atoms with van der Waals surface area (Å²) in [5, 5.41) is 32.1. The molecule has 0 unspecified atom stereocenters. The Morgan fingerprint density at radius 3 is 2.23 bits per heavy atom. The second-order valence-electron chi connectivity index (χ2n) is 11.5. The van der Waals surface area contributed by atoms with Crippen molar-refractivity contribution in [1.29, 1.82) is 0 Å². The van der Waals surface area contributed by atoms with Crippen LogP contribution < -0.4 is 5.32 Å². The maximum absolute atomic E-state index is 12.4. The van der Waals surface area contributed by atoms with E-state index in [1.54, 1.807) is 0 Å². The highest BCUT2D eigenvalue weighted by molar-refractivity contribution is 5.90. The van der Waals surface area contributed by atoms with Gasteiger partial charge in [0.15, 0.2) is 6.29 Å². The summed E-state index contributed by atoms with van der Waals surface area (Å²) in [6, 6.07) is 24.6. The predicted octanol–water partition coefficient (Wildman–Crippen LogP) is 5.75. The molecule has 1 saturated heterocycles. The molecule has 236 valence electrons. The number of hydrogen-bond donors (Lipinski definition) is 4. The van der Waals surface area contributed by atoms with E-state index in [4.69, 9.17) is 14.6 Å². The van der Waals surface area contributed by atoms with E-state index < -0.39 is 18.4 Å². The number of carbonyl (C=O) groups excluding carboxylic acids is 1. The highest BCUT2D eigenvalue weighted by Gasteiger charge is 2.34. The smallest absolute Gasteiger partial charge is 0.303 e. The molecule has 1 fully saturated rings. The summed E-state index contributed by atoms with van der Waals surface area (Å²) in [6.07, 6.45) is 1.25. The molecule has 1 aliphatic rings. The Hall–Kier alpha value is -3.60. The van der Waals surface area contributed by atoms with Gasteiger partial charge in [-0.1, -0.05) is 73.2 Å². The van der Waals surface area contributed by atoms with Crippen molar-refractivity contribution in [3.63, 3.8) is 0 Å². The van der Waals surface area contributed by atoms with Crippen LogP contribution >= 0.6 is 0 Å². The van der Waals surface area contributed by atoms with Crippen molar-refractivity contribution in [2.24, 2.45) is 0 Å². The summed E-state index contributed by atoms with van der Waals surface area (Å²) in [6.45, 7) is 2.56. The lowest BCUT2D eigenvalue weighted by atomic mass is 9.98. The number of carboxylic acids is 1. The molecule has 0 aliphatic carbocycles. The maximum Gasteiger partial charge on any atom is 0.303 e. The van der Waals surface area contributed by atoms with Gasteiger partial charge < -0.3 is 30.1 Å². The molecule has 1 heterocycles. The fraction of sp³-hybridized carbons (Fsp3) is 0.429. The highest BCUT2D eigenvalue weighted by atomic mass is 16.7. The number of rotatable bonds is 15. The summed E-state index contributed by atoms with van der Waals surface area (Å²) in [4.78, 5) is 25.1. The molecule has 0 bridgehead atoms. The zero-order valence-electron chi connectivity index (χ0n) is 25.5. The van der Waals surface area contributed by atoms with Crippen molar-refractivity contribution in [2.75, 3.05) is 18.9 Å². The fourth-order valence-corrected chi connectivity index (χ4v) is 5.38. The Balaban J connectivity index is 1.42. The Morgan fingerprint density at radius 2 is 1.57 bits per heavy atom. The first-order chi connectivity index (χ1) is 21.2. The van der Waals surface area contributed by atoms with E-state index in [9.17, 15) is 19.8 Å². The number of aliphatic carboxylic acids is 1. The molecule has 1 aliphatic heterocycles. The number of anilines is 1. The van der Waals surface area contributed by atoms with E-state index in [2.05, 4.69) is 10.2 Å². The molecular formula is C35H44N2O7. The molecular weight excluding hydrogens is 560 g/mol. The zero-order chi connectivity index (χ0) is 31.5. The monoisotopic (exact) mass is 604 g/mol. The first-order valence-electron chi connectivity index (χ1n) is 15.3. The molecule has 0 saturated carbocycles. The molecule has 4 N–H and O–H groups in total. The Morgan fingerprint density at radius 1 is 0.909 bits per heavy atom. The topological polar surface area (TPSA) is 129 Å². The fourth-order valence-electron chi connectivity index (χ4n) is 5.38. The quantitative estimate of drug-likeness (QED) is 0.162. The largest absolute Gasteiger partial charge is 0.481 e. The molecule has 3 aromatic carbocycles. The van der Waals surface area contributed by atoms with Crippen molar-refractivity contribution >= 4 is 17.6 Å². The van der Waals surface area contributed by atoms with E-state index in [0.717, 1.165) is 22.3 Å². The number of nitrogens with one attached hydrogen (secondary N) is 1. The van der Waals surface area contributed by atoms with Gasteiger partial charge in [0.1, 0.15) is 0 Å². The maximum atomic E-state index is 12.4. The predicted molar refractivity (Wildman–Crippen MR) is 168 cm³/mol. The Labute approximate surface area is 259 Å². The number of aliphatic hydroxyl groups is 2. The van der Waals surface area contributed by atoms with Gasteiger partial charge in [-0.2, -0.15) is 0 Å². The second kappa shape index (κ2) is 16.5. The van der Waals surface area contributed by atoms with Crippen LogP contribution in [0.4, 0.5) is 5.69 Å². The van der Waals surface area contributed by atoms with Crippen LogP contribution in [0.15, 0.2) is 78.9 Å². The van der Waals surface area contributed by atoms with E-state index >= 15 is 0 Å². The minimum Gasteiger partial charge on any atom is -0.481 e. The summed E-state index contributed by atoms with van der Waals surface area (Å²) in [7, 11) is 1.99. The van der Waals surface area contributed by atoms with Crippen LogP contribution in [0.2, 0.25) is 0 Å². The SMILES string of the molecule is C[C@@H]([C@H](O)c1ccccc1)N(C)C[C@@H]1C[C@H](c2ccc(CO)cc2)O[C@H](c2ccc(NC(=O)CCCCCC(=O)O)cc2)O1. The van der Waals surface area contributed by atoms with Gasteiger partial charge in [0.05, 0.1) is 24.9 Å². The van der Waals surface area contributed by atoms with Crippen LogP contribution in [0, 0.1) is 0 Å². The van der Waals surface area contributed by atoms with Gasteiger partial charge >= 0.3 is 5.97 Å². The van der Waals surface area contributed by atoms with Crippen LogP contribution in [0.5, 0.6) is 0 Å². The van der Waals surface area contributed by atoms with Crippen molar-refractivity contribution in [3.8, 4) is 0 Å². The number of benzene rings is 3. The number of likely N-dealkylation sites (N-methyl/N-ethyl adjacent to an activating group) is 1. The van der Waals surface area contributed by atoms with Crippen LogP contribution in [0.3, 0.4) is 0 Å². The number of carbonyl (C=O) groups is 2. The number of aliphatic hydroxyl groups excluding tert-OH is 2. The molecule has 9 heteroatoms. The normalized spacial score (nSPS) is 19.8. The minimum absolute atomic E-state index is 0.0276. The van der Waals surface area contributed by atoms with Crippen molar-refractivity contribution in [2.45, 2.75) is 82.7 Å². The van der Waals surface area contributed by atoms with Gasteiger partial charge in [-0.05, 0) is 55.6 Å². The van der Waals surface area contributed by atoms with Crippen molar-refractivity contribution in [3.05, 3.63) is 101 Å². The third kappa shape index (κ3) is 9.70. The van der Waals surface area contributed by atoms with Gasteiger partial charge in [-0.15, -0.1) is 0 Å². The third-order valence-electron chi connectivity index (χ3n) is 8.16. The lowest BCUT2D eigenvalue weighted by Gasteiger charge is -2.39. The number of nitrogens with zero attached hydrogens (tertiary/aromatic N) is 1. The number of ether oxygens (including phenoxy) is 2. The number of carboxylic acid groups (broad SMARTS) is 1. The first-order valence-corrected chi connectivity index (χ1v) is 15.3. The van der Waals surface area contributed by atoms with Crippen LogP contribution in [-0.2, 0) is 25.7 Å². The molecule has 5 atom stereocenters. The molecule has 3 aromatic rings. The van der Waals surface area contributed by atoms with Crippen LogP contribution in [0.25, 0.3) is 0 Å². The molecule has 1 amide bonds. The number of amides is 1. The molecule has 0 aromatic heterocycles. The average Bonchev–Trinajstić information content (AvgIpc) is 3.04. The third-order valence-corrected chi connectivity index (χ3v) is 8.16. The summed E-state index contributed by atoms with van der Waals surface area (Å²) < 4.78 is 12.9. The lowest BCUT2D eigenvalue weighted by Crippen LogP contribution is -2.43. The number of unbranched alkanes of at least 4 members (excludes halogenated alkanes) is 2. The summed E-state index contributed by atoms with van der Waals surface area (Å²) >= 11 is 0. The lowest BCUT2D eigenvalue weighted by molar-refractivity contribution is -0.253. The average molecular weight is 605 g/mol. The van der Waals surface area contributed by atoms with Crippen LogP contribution in [-0.4, -0.2) is 57.8 Å². The van der Waals surface area contributed by atoms with Gasteiger partial charge in [0.25, 0.3) is 0 Å². The standard InChI is InChI=1S/C35H44N2O7/c1-24(34(42)27-9-5-3-6-10-27)37(2)22-30-21-31(26-15-13-25(23-38)14-16-26)44-35(43-30)28-17-19-29(20-18-28)36-32(39)11-7-4-8-12-33(40)41/h3,5-6,9-10,13-20,24,30-31,34-35,38,42H,4,7-8,11-12,21-23H2,1-2H3,(H,36,39)(H,40,41)/t24-,30-,31+,34-,35+/m0/s1. The molecule has 9 nitrogen and oxygen atoms in total. The van der Waals surface area contributed by atoms with Gasteiger partial charge in [-0.3, -0.25) is 14.5 Å². The van der Waals surface area contributed by atoms with Gasteiger partial charge in [-0.25, -0.2) is 0 Å². The molecule has 0 radical (unpaired) electrons. The second-order valence-corrected chi connectivity index (χ2v) is 11.5. The molecule has 44 heavy (non-hydrogen) atoms. The van der Waals surface area contributed by atoms with E-state index in [1.165, 1.54) is 0 Å². The van der Waals surface area contributed by atoms with Crippen molar-refractivity contribution < 1.29 is 34.4 Å². The minimum atomic E-state index is -0.818. The molecule has 0 spiro atoms. The van der Waals surface area contributed by atoms with Crippen LogP contribution in [0.1, 0.15) is 86.2 Å². The van der Waals surface area contributed by atoms with Crippen molar-refractivity contribution in [1.82, 2.24) is 4.90 Å². The van der Waals surface area contributed by atoms with E-state index in [1.807, 2.05) is 92.8 Å². The first kappa shape index (κ1) is 33.3. The zero-order valence-corrected chi connectivity index (χ0v) is 25.5. The number of hydrogen-bond acceptors (Lipinski definition) is 7. The van der Waals surface area contributed by atoms with Gasteiger partial charge in [0.2, 0.25) is 5.91 Å². The van der Waals surface area contributed by atoms with Gasteiger partial charge in [0, 0.05) is 43.1 Å². The van der Waals surface area contributed by atoms with E-state index in [-0.39, 0.29) is 37.2 Å². The molecule has 4 rings (SSSR count). The summed E-state index contributed by atoms with van der Waals surface area (Å²) in [5.74, 6) is -0.930. The van der Waals surface area contributed by atoms with E-state index in [0.29, 0.717) is 44.3 Å². The Bertz CT molecular complexity index is 1320.